The van der Waals surface area contributed by atoms with E-state index in [-0.39, 0.29) is 17.7 Å². The Kier molecular flexibility index (Phi) is 8.54. The summed E-state index contributed by atoms with van der Waals surface area (Å²) < 4.78 is 0. The average Bonchev–Trinajstić information content (AvgIpc) is 2.53. The molecule has 0 aliphatic carbocycles. The fourth-order valence-electron chi connectivity index (χ4n) is 1.21. The molecule has 0 radical (unpaired) electrons. The standard InChI is InChI=1S/C17H20N2O4/c1-7-9-16(19(21)22)14(5)12(3)10-11-13(4)15(6)18-23-17(20)8-2/h7,9-11H,1,3-5,8H2,2,6H3/b11-10-,16-9+,18-15+. The molecule has 0 amide bonds. The fraction of sp³-hybridized carbons (Fsp3) is 0.176. The van der Waals surface area contributed by atoms with Gasteiger partial charge < -0.3 is 4.84 Å². The molecule has 0 fully saturated rings. The van der Waals surface area contributed by atoms with Gasteiger partial charge in [0.05, 0.1) is 16.2 Å². The summed E-state index contributed by atoms with van der Waals surface area (Å²) in [4.78, 5) is 26.0. The molecular formula is C17H20N2O4. The second kappa shape index (κ2) is 9.83. The van der Waals surface area contributed by atoms with Crippen LogP contribution in [0.2, 0.25) is 0 Å². The first-order chi connectivity index (χ1) is 10.7. The van der Waals surface area contributed by atoms with Gasteiger partial charge in [-0.2, -0.15) is 0 Å². The van der Waals surface area contributed by atoms with Gasteiger partial charge in [-0.1, -0.05) is 56.6 Å². The van der Waals surface area contributed by atoms with Crippen LogP contribution >= 0.6 is 0 Å². The van der Waals surface area contributed by atoms with E-state index >= 15 is 0 Å². The number of carbonyl (C=O) groups excluding carboxylic acids is 1. The molecule has 0 bridgehead atoms. The van der Waals surface area contributed by atoms with Crippen LogP contribution in [-0.2, 0) is 9.63 Å². The van der Waals surface area contributed by atoms with E-state index in [2.05, 4.69) is 36.3 Å². The van der Waals surface area contributed by atoms with Crippen molar-refractivity contribution in [2.75, 3.05) is 0 Å². The Hall–Kier alpha value is -3.02. The zero-order valence-electron chi connectivity index (χ0n) is 13.4. The van der Waals surface area contributed by atoms with Crippen LogP contribution in [0.4, 0.5) is 0 Å². The van der Waals surface area contributed by atoms with Gasteiger partial charge in [0.1, 0.15) is 0 Å². The van der Waals surface area contributed by atoms with Gasteiger partial charge in [-0.25, -0.2) is 4.79 Å². The molecule has 0 aromatic carbocycles. The SMILES string of the molecule is C=C/C=C(\C(=C)C(=C)/C=C\C(=C)/C(C)=N/OC(=O)CC)[N+](=O)[O-]. The summed E-state index contributed by atoms with van der Waals surface area (Å²) in [5, 5.41) is 14.6. The van der Waals surface area contributed by atoms with Gasteiger partial charge in [0, 0.05) is 12.5 Å². The minimum atomic E-state index is -0.561. The molecule has 0 heterocycles. The van der Waals surface area contributed by atoms with Crippen molar-refractivity contribution in [2.45, 2.75) is 20.3 Å². The predicted molar refractivity (Wildman–Crippen MR) is 91.3 cm³/mol. The lowest BCUT2D eigenvalue weighted by Gasteiger charge is -2.03. The maximum absolute atomic E-state index is 11.0. The van der Waals surface area contributed by atoms with Crippen LogP contribution in [0.15, 0.2) is 78.2 Å². The molecule has 0 saturated carbocycles. The molecule has 0 atom stereocenters. The summed E-state index contributed by atoms with van der Waals surface area (Å²) in [5.74, 6) is -0.455. The van der Waals surface area contributed by atoms with Crippen LogP contribution in [0.25, 0.3) is 0 Å². The second-order valence-corrected chi connectivity index (χ2v) is 4.40. The van der Waals surface area contributed by atoms with Gasteiger partial charge in [0.2, 0.25) is 0 Å². The first kappa shape index (κ1) is 20.0. The summed E-state index contributed by atoms with van der Waals surface area (Å²) >= 11 is 0. The molecule has 0 aromatic heterocycles. The summed E-state index contributed by atoms with van der Waals surface area (Å²) in [6.07, 6.45) is 5.84. The molecule has 23 heavy (non-hydrogen) atoms. The summed E-state index contributed by atoms with van der Waals surface area (Å²) in [5.41, 5.74) is 1.18. The zero-order chi connectivity index (χ0) is 18.0. The summed E-state index contributed by atoms with van der Waals surface area (Å²) in [6.45, 7) is 17.8. The van der Waals surface area contributed by atoms with E-state index in [1.54, 1.807) is 19.9 Å². The van der Waals surface area contributed by atoms with E-state index in [1.165, 1.54) is 18.2 Å². The molecule has 0 aromatic rings. The van der Waals surface area contributed by atoms with Gasteiger partial charge in [0.15, 0.2) is 0 Å². The number of carbonyl (C=O) groups is 1. The first-order valence-corrected chi connectivity index (χ1v) is 6.72. The van der Waals surface area contributed by atoms with Crippen LogP contribution < -0.4 is 0 Å². The van der Waals surface area contributed by atoms with Gasteiger partial charge in [-0.3, -0.25) is 10.1 Å². The highest BCUT2D eigenvalue weighted by Crippen LogP contribution is 2.18. The largest absolute Gasteiger partial charge is 0.334 e. The topological polar surface area (TPSA) is 81.8 Å². The highest BCUT2D eigenvalue weighted by Gasteiger charge is 2.15. The van der Waals surface area contributed by atoms with Crippen LogP contribution in [0.5, 0.6) is 0 Å². The Morgan fingerprint density at radius 1 is 1.26 bits per heavy atom. The lowest BCUT2D eigenvalue weighted by molar-refractivity contribution is -0.420. The normalized spacial score (nSPS) is 11.9. The quantitative estimate of drug-likeness (QED) is 0.212. The van der Waals surface area contributed by atoms with Gasteiger partial charge in [-0.15, -0.1) is 0 Å². The zero-order valence-corrected chi connectivity index (χ0v) is 13.4. The minimum Gasteiger partial charge on any atom is -0.318 e. The minimum absolute atomic E-state index is 0.158. The van der Waals surface area contributed by atoms with Crippen molar-refractivity contribution in [2.24, 2.45) is 5.16 Å². The average molecular weight is 316 g/mol. The van der Waals surface area contributed by atoms with Crippen LogP contribution in [0.3, 0.4) is 0 Å². The lowest BCUT2D eigenvalue weighted by atomic mass is 10.0. The molecule has 122 valence electrons. The molecular weight excluding hydrogens is 296 g/mol. The predicted octanol–water partition coefficient (Wildman–Crippen LogP) is 3.89. The highest BCUT2D eigenvalue weighted by atomic mass is 16.7. The third-order valence-corrected chi connectivity index (χ3v) is 2.69. The van der Waals surface area contributed by atoms with Crippen molar-refractivity contribution >= 4 is 11.7 Å². The van der Waals surface area contributed by atoms with Gasteiger partial charge >= 0.3 is 5.97 Å². The molecule has 6 heteroatoms. The molecule has 0 aliphatic rings. The fourth-order valence-corrected chi connectivity index (χ4v) is 1.21. The number of nitro groups is 1. The number of rotatable bonds is 9. The van der Waals surface area contributed by atoms with E-state index in [9.17, 15) is 14.9 Å². The maximum Gasteiger partial charge on any atom is 0.334 e. The van der Waals surface area contributed by atoms with E-state index < -0.39 is 10.9 Å². The summed E-state index contributed by atoms with van der Waals surface area (Å²) in [7, 11) is 0. The van der Waals surface area contributed by atoms with Crippen LogP contribution in [0, 0.1) is 10.1 Å². The van der Waals surface area contributed by atoms with Crippen molar-refractivity contribution in [1.82, 2.24) is 0 Å². The highest BCUT2D eigenvalue weighted by molar-refractivity contribution is 6.00. The van der Waals surface area contributed by atoms with Gasteiger partial charge in [0.25, 0.3) is 5.70 Å². The Morgan fingerprint density at radius 2 is 1.83 bits per heavy atom. The van der Waals surface area contributed by atoms with Crippen molar-refractivity contribution < 1.29 is 14.6 Å². The number of allylic oxidation sites excluding steroid dienone is 6. The maximum atomic E-state index is 11.0. The Morgan fingerprint density at radius 3 is 2.30 bits per heavy atom. The molecule has 6 nitrogen and oxygen atoms in total. The summed E-state index contributed by atoms with van der Waals surface area (Å²) in [6, 6.07) is 0. The van der Waals surface area contributed by atoms with Crippen LogP contribution in [-0.4, -0.2) is 16.6 Å². The Bertz CT molecular complexity index is 637. The van der Waals surface area contributed by atoms with E-state index in [0.29, 0.717) is 16.9 Å². The van der Waals surface area contributed by atoms with E-state index in [1.807, 2.05) is 0 Å². The molecule has 0 unspecified atom stereocenters. The second-order valence-electron chi connectivity index (χ2n) is 4.40. The molecule has 0 rings (SSSR count). The number of oxime groups is 1. The first-order valence-electron chi connectivity index (χ1n) is 6.72. The Balaban J connectivity index is 4.98. The van der Waals surface area contributed by atoms with Crippen molar-refractivity contribution in [1.29, 1.82) is 0 Å². The molecule has 0 N–H and O–H groups in total. The van der Waals surface area contributed by atoms with Crippen molar-refractivity contribution in [3.63, 3.8) is 0 Å². The third kappa shape index (κ3) is 6.99. The van der Waals surface area contributed by atoms with E-state index in [0.717, 1.165) is 0 Å². The molecule has 0 aliphatic heterocycles. The van der Waals surface area contributed by atoms with Crippen molar-refractivity contribution in [3.8, 4) is 0 Å². The number of nitrogens with zero attached hydrogens (tertiary/aromatic N) is 2. The third-order valence-electron chi connectivity index (χ3n) is 2.69. The smallest absolute Gasteiger partial charge is 0.318 e. The Labute approximate surface area is 135 Å². The van der Waals surface area contributed by atoms with Gasteiger partial charge in [-0.05, 0) is 18.1 Å². The molecule has 0 spiro atoms. The number of hydrogen-bond acceptors (Lipinski definition) is 5. The van der Waals surface area contributed by atoms with Crippen LogP contribution in [0.1, 0.15) is 20.3 Å². The van der Waals surface area contributed by atoms with E-state index in [4.69, 9.17) is 0 Å². The monoisotopic (exact) mass is 316 g/mol. The lowest BCUT2D eigenvalue weighted by Crippen LogP contribution is -2.03. The van der Waals surface area contributed by atoms with Crippen molar-refractivity contribution in [3.05, 3.63) is 83.2 Å². The number of hydrogen-bond donors (Lipinski definition) is 0. The molecule has 0 saturated heterocycles.